The van der Waals surface area contributed by atoms with Crippen LogP contribution < -0.4 is 27.4 Å². The van der Waals surface area contributed by atoms with E-state index in [4.69, 9.17) is 21.7 Å². The molecule has 0 bridgehead atoms. The number of carbonyl (C=O) groups excluding carboxylic acids is 4. The molecule has 0 aliphatic rings. The number of para-hydroxylation sites is 1. The Kier molecular flexibility index (Phi) is 10.3. The van der Waals surface area contributed by atoms with E-state index in [1.54, 1.807) is 6.20 Å². The summed E-state index contributed by atoms with van der Waals surface area (Å²) in [7, 11) is 0. The van der Waals surface area contributed by atoms with E-state index >= 15 is 0 Å². The van der Waals surface area contributed by atoms with Crippen LogP contribution in [-0.2, 0) is 30.4 Å². The van der Waals surface area contributed by atoms with Crippen molar-refractivity contribution in [2.45, 2.75) is 43.4 Å². The number of hydrogen-bond acceptors (Lipinski definition) is 8. The topological polar surface area (TPSA) is 250 Å². The van der Waals surface area contributed by atoms with Crippen molar-refractivity contribution in [3.05, 3.63) is 36.0 Å². The fraction of sp³-hybridized carbons (Fsp3) is 0.409. The highest BCUT2D eigenvalue weighted by Crippen LogP contribution is 2.18. The van der Waals surface area contributed by atoms with E-state index in [1.807, 2.05) is 29.6 Å². The number of hydrogen-bond donors (Lipinski definition) is 9. The Bertz CT molecular complexity index is 1100. The fourth-order valence-corrected chi connectivity index (χ4v) is 3.39. The number of aliphatic hydroxyl groups is 2. The zero-order valence-corrected chi connectivity index (χ0v) is 19.3. The zero-order valence-electron chi connectivity index (χ0n) is 19.3. The lowest BCUT2D eigenvalue weighted by atomic mass is 10.0. The lowest BCUT2D eigenvalue weighted by Gasteiger charge is -2.24. The summed E-state index contributed by atoms with van der Waals surface area (Å²) in [6, 6.07) is 1.75. The molecular formula is C22H30N6O8. The van der Waals surface area contributed by atoms with Crippen LogP contribution in [0, 0.1) is 0 Å². The lowest BCUT2D eigenvalue weighted by Crippen LogP contribution is -2.58. The monoisotopic (exact) mass is 506 g/mol. The maximum Gasteiger partial charge on any atom is 0.328 e. The molecule has 0 radical (unpaired) electrons. The van der Waals surface area contributed by atoms with Gasteiger partial charge in [0.25, 0.3) is 0 Å². The zero-order chi connectivity index (χ0) is 26.8. The summed E-state index contributed by atoms with van der Waals surface area (Å²) < 4.78 is 0. The van der Waals surface area contributed by atoms with Gasteiger partial charge in [-0.1, -0.05) is 18.2 Å². The van der Waals surface area contributed by atoms with Gasteiger partial charge in [0.05, 0.1) is 19.3 Å². The number of aliphatic hydroxyl groups excluding tert-OH is 2. The van der Waals surface area contributed by atoms with Gasteiger partial charge in [-0.25, -0.2) is 4.79 Å². The van der Waals surface area contributed by atoms with Crippen molar-refractivity contribution in [1.82, 2.24) is 20.9 Å². The molecule has 4 amide bonds. The summed E-state index contributed by atoms with van der Waals surface area (Å²) in [5.41, 5.74) is 12.8. The number of carboxylic acid groups (broad SMARTS) is 1. The van der Waals surface area contributed by atoms with Crippen molar-refractivity contribution in [2.75, 3.05) is 13.2 Å². The number of amides is 4. The first-order chi connectivity index (χ1) is 17.1. The third kappa shape index (κ3) is 7.76. The van der Waals surface area contributed by atoms with Gasteiger partial charge in [-0.05, 0) is 24.5 Å². The van der Waals surface area contributed by atoms with Gasteiger partial charge in [0, 0.05) is 23.5 Å². The molecule has 0 aliphatic heterocycles. The van der Waals surface area contributed by atoms with Crippen molar-refractivity contribution in [3.8, 4) is 0 Å². The molecule has 0 aliphatic carbocycles. The van der Waals surface area contributed by atoms with Crippen LogP contribution in [0.25, 0.3) is 10.9 Å². The summed E-state index contributed by atoms with van der Waals surface area (Å²) in [4.78, 5) is 63.1. The molecule has 0 fully saturated rings. The van der Waals surface area contributed by atoms with Crippen molar-refractivity contribution in [3.63, 3.8) is 0 Å². The molecule has 4 atom stereocenters. The minimum atomic E-state index is -1.66. The molecule has 4 unspecified atom stereocenters. The van der Waals surface area contributed by atoms with Crippen molar-refractivity contribution in [1.29, 1.82) is 0 Å². The number of fused-ring (bicyclic) bond motifs is 1. The first-order valence-corrected chi connectivity index (χ1v) is 11.0. The summed E-state index contributed by atoms with van der Waals surface area (Å²) in [5.74, 6) is -4.99. The SMILES string of the molecule is NC(=O)CCC(NC(=O)C(N)Cc1c[nH]c2ccccc12)C(=O)NC(CO)C(=O)NC(CO)C(=O)O. The van der Waals surface area contributed by atoms with E-state index in [1.165, 1.54) is 0 Å². The Morgan fingerprint density at radius 2 is 1.47 bits per heavy atom. The number of carboxylic acids is 1. The van der Waals surface area contributed by atoms with E-state index in [-0.39, 0.29) is 19.3 Å². The second-order valence-corrected chi connectivity index (χ2v) is 8.06. The van der Waals surface area contributed by atoms with Crippen LogP contribution in [0.1, 0.15) is 18.4 Å². The van der Waals surface area contributed by atoms with Crippen molar-refractivity contribution in [2.24, 2.45) is 11.5 Å². The molecule has 11 N–H and O–H groups in total. The van der Waals surface area contributed by atoms with Crippen LogP contribution in [0.2, 0.25) is 0 Å². The minimum absolute atomic E-state index is 0.138. The molecule has 2 rings (SSSR count). The largest absolute Gasteiger partial charge is 0.480 e. The molecule has 36 heavy (non-hydrogen) atoms. The molecule has 1 aromatic heterocycles. The normalized spacial score (nSPS) is 14.3. The Morgan fingerprint density at radius 3 is 2.08 bits per heavy atom. The van der Waals surface area contributed by atoms with Gasteiger partial charge in [-0.15, -0.1) is 0 Å². The third-order valence-electron chi connectivity index (χ3n) is 5.38. The molecule has 14 nitrogen and oxygen atoms in total. The van der Waals surface area contributed by atoms with Gasteiger partial charge in [-0.3, -0.25) is 19.2 Å². The van der Waals surface area contributed by atoms with Gasteiger partial charge in [0.2, 0.25) is 23.6 Å². The number of aromatic amines is 1. The van der Waals surface area contributed by atoms with E-state index in [2.05, 4.69) is 15.6 Å². The predicted molar refractivity (Wildman–Crippen MR) is 126 cm³/mol. The number of aliphatic carboxylic acids is 1. The first kappa shape index (κ1) is 28.2. The Morgan fingerprint density at radius 1 is 0.889 bits per heavy atom. The molecule has 1 aromatic carbocycles. The summed E-state index contributed by atoms with van der Waals surface area (Å²) in [6.07, 6.45) is 1.36. The highest BCUT2D eigenvalue weighted by molar-refractivity contribution is 5.94. The lowest BCUT2D eigenvalue weighted by molar-refractivity contribution is -0.143. The molecular weight excluding hydrogens is 476 g/mol. The molecule has 2 aromatic rings. The Balaban J connectivity index is 2.08. The molecule has 0 saturated heterocycles. The van der Waals surface area contributed by atoms with E-state index < -0.39 is 67.0 Å². The van der Waals surface area contributed by atoms with Crippen molar-refractivity contribution >= 4 is 40.5 Å². The summed E-state index contributed by atoms with van der Waals surface area (Å²) in [6.45, 7) is -1.83. The van der Waals surface area contributed by atoms with Gasteiger partial charge in [0.15, 0.2) is 0 Å². The fourth-order valence-electron chi connectivity index (χ4n) is 3.39. The van der Waals surface area contributed by atoms with Crippen molar-refractivity contribution < 1.29 is 39.3 Å². The van der Waals surface area contributed by atoms with Gasteiger partial charge < -0.3 is 47.7 Å². The number of carbonyl (C=O) groups is 5. The minimum Gasteiger partial charge on any atom is -0.480 e. The highest BCUT2D eigenvalue weighted by Gasteiger charge is 2.30. The van der Waals surface area contributed by atoms with Crippen LogP contribution in [0.5, 0.6) is 0 Å². The number of benzene rings is 1. The van der Waals surface area contributed by atoms with Crippen LogP contribution in [-0.4, -0.2) is 87.3 Å². The molecule has 0 saturated carbocycles. The van der Waals surface area contributed by atoms with E-state index in [9.17, 15) is 29.1 Å². The standard InChI is InChI=1S/C22H30N6O8/c23-13(7-11-8-25-14-4-2-1-3-12(11)14)19(32)26-15(5-6-18(24)31)20(33)27-16(9-29)21(34)28-17(10-30)22(35)36/h1-4,8,13,15-17,25,29-30H,5-7,9-10,23H2,(H2,24,31)(H,26,32)(H,27,33)(H,28,34)(H,35,36). The summed E-state index contributed by atoms with van der Waals surface area (Å²) in [5, 5.41) is 34.9. The van der Waals surface area contributed by atoms with E-state index in [0.29, 0.717) is 0 Å². The van der Waals surface area contributed by atoms with Gasteiger partial charge >= 0.3 is 5.97 Å². The molecule has 1 heterocycles. The van der Waals surface area contributed by atoms with Crippen LogP contribution in [0.4, 0.5) is 0 Å². The highest BCUT2D eigenvalue weighted by atomic mass is 16.4. The van der Waals surface area contributed by atoms with Gasteiger partial charge in [-0.2, -0.15) is 0 Å². The molecule has 0 spiro atoms. The maximum atomic E-state index is 12.8. The molecule has 14 heteroatoms. The third-order valence-corrected chi connectivity index (χ3v) is 5.38. The van der Waals surface area contributed by atoms with Crippen LogP contribution >= 0.6 is 0 Å². The molecule has 196 valence electrons. The van der Waals surface area contributed by atoms with Crippen LogP contribution in [0.15, 0.2) is 30.5 Å². The van der Waals surface area contributed by atoms with Crippen LogP contribution in [0.3, 0.4) is 0 Å². The number of aromatic nitrogens is 1. The predicted octanol–water partition coefficient (Wildman–Crippen LogP) is -3.17. The number of primary amides is 1. The van der Waals surface area contributed by atoms with E-state index in [0.717, 1.165) is 16.5 Å². The number of rotatable bonds is 14. The summed E-state index contributed by atoms with van der Waals surface area (Å²) >= 11 is 0. The average Bonchev–Trinajstić information content (AvgIpc) is 3.25. The smallest absolute Gasteiger partial charge is 0.328 e. The number of nitrogens with one attached hydrogen (secondary N) is 4. The maximum absolute atomic E-state index is 12.8. The van der Waals surface area contributed by atoms with Gasteiger partial charge in [0.1, 0.15) is 18.1 Å². The second kappa shape index (κ2) is 13.2. The Labute approximate surface area is 205 Å². The first-order valence-electron chi connectivity index (χ1n) is 11.0. The number of nitrogens with two attached hydrogens (primary N) is 2. The average molecular weight is 507 g/mol. The second-order valence-electron chi connectivity index (χ2n) is 8.06. The Hall–Kier alpha value is -4.01. The number of H-pyrrole nitrogens is 1. The quantitative estimate of drug-likeness (QED) is 0.125.